The van der Waals surface area contributed by atoms with Crippen LogP contribution in [-0.2, 0) is 0 Å². The summed E-state index contributed by atoms with van der Waals surface area (Å²) in [6.07, 6.45) is 0. The minimum Gasteiger partial charge on any atom is -0.490 e. The highest BCUT2D eigenvalue weighted by Crippen LogP contribution is 2.12. The van der Waals surface area contributed by atoms with Crippen molar-refractivity contribution in [1.82, 2.24) is 0 Å². The Balaban J connectivity index is 1.73. The maximum atomic E-state index is 5.58. The van der Waals surface area contributed by atoms with Crippen LogP contribution in [0, 0.1) is 6.92 Å². The molecule has 0 atom stereocenters. The van der Waals surface area contributed by atoms with E-state index in [1.165, 1.54) is 5.56 Å². The molecule has 17 heavy (non-hydrogen) atoms. The Hall–Kier alpha value is -1.96. The van der Waals surface area contributed by atoms with Crippen molar-refractivity contribution in [2.24, 2.45) is 0 Å². The Morgan fingerprint density at radius 3 is 2.12 bits per heavy atom. The van der Waals surface area contributed by atoms with Gasteiger partial charge >= 0.3 is 0 Å². The number of benzene rings is 2. The quantitative estimate of drug-likeness (QED) is 0.730. The molecule has 0 saturated heterocycles. The van der Waals surface area contributed by atoms with Gasteiger partial charge in [-0.05, 0) is 36.8 Å². The summed E-state index contributed by atoms with van der Waals surface area (Å²) in [6.45, 7) is 3.16. The molecule has 0 heterocycles. The summed E-state index contributed by atoms with van der Waals surface area (Å²) in [5.74, 6) is 1.77. The summed E-state index contributed by atoms with van der Waals surface area (Å²) < 4.78 is 11.1. The van der Waals surface area contributed by atoms with Crippen molar-refractivity contribution in [1.29, 1.82) is 0 Å². The van der Waals surface area contributed by atoms with Gasteiger partial charge in [0.15, 0.2) is 0 Å². The summed E-state index contributed by atoms with van der Waals surface area (Å²) >= 11 is 0. The summed E-state index contributed by atoms with van der Waals surface area (Å²) in [7, 11) is 0. The number of para-hydroxylation sites is 1. The molecule has 0 aliphatic heterocycles. The molecule has 2 heteroatoms. The molecule has 0 saturated carbocycles. The lowest BCUT2D eigenvalue weighted by atomic mass is 10.2. The lowest BCUT2D eigenvalue weighted by Gasteiger charge is -2.08. The van der Waals surface area contributed by atoms with Crippen LogP contribution in [-0.4, -0.2) is 13.2 Å². The first-order valence-corrected chi connectivity index (χ1v) is 5.72. The lowest BCUT2D eigenvalue weighted by molar-refractivity contribution is 0.217. The van der Waals surface area contributed by atoms with Crippen molar-refractivity contribution in [2.75, 3.05) is 13.2 Å². The molecule has 0 unspecified atom stereocenters. The van der Waals surface area contributed by atoms with E-state index in [0.29, 0.717) is 13.2 Å². The van der Waals surface area contributed by atoms with Gasteiger partial charge in [-0.1, -0.05) is 30.3 Å². The maximum absolute atomic E-state index is 5.58. The normalized spacial score (nSPS) is 9.94. The highest BCUT2D eigenvalue weighted by molar-refractivity contribution is 5.27. The topological polar surface area (TPSA) is 18.5 Å². The molecule has 0 radical (unpaired) electrons. The Kier molecular flexibility index (Phi) is 4.03. The zero-order chi connectivity index (χ0) is 11.9. The van der Waals surface area contributed by atoms with Crippen molar-refractivity contribution in [3.8, 4) is 11.5 Å². The van der Waals surface area contributed by atoms with Crippen LogP contribution in [0.5, 0.6) is 11.5 Å². The number of hydrogen-bond acceptors (Lipinski definition) is 2. The molecule has 0 amide bonds. The average molecular weight is 228 g/mol. The average Bonchev–Trinajstić information content (AvgIpc) is 2.36. The predicted octanol–water partition coefficient (Wildman–Crippen LogP) is 3.45. The fourth-order valence-electron chi connectivity index (χ4n) is 1.54. The van der Waals surface area contributed by atoms with E-state index in [0.717, 1.165) is 11.5 Å². The van der Waals surface area contributed by atoms with Crippen molar-refractivity contribution in [2.45, 2.75) is 6.92 Å². The smallest absolute Gasteiger partial charge is 0.122 e. The molecule has 0 spiro atoms. The van der Waals surface area contributed by atoms with E-state index in [2.05, 4.69) is 0 Å². The number of hydrogen-bond donors (Lipinski definition) is 0. The minimum absolute atomic E-state index is 0.554. The van der Waals surface area contributed by atoms with Crippen LogP contribution < -0.4 is 9.47 Å². The highest BCUT2D eigenvalue weighted by atomic mass is 16.5. The highest BCUT2D eigenvalue weighted by Gasteiger charge is 1.95. The van der Waals surface area contributed by atoms with Crippen LogP contribution in [0.1, 0.15) is 5.56 Å². The number of aryl methyl sites for hydroxylation is 1. The monoisotopic (exact) mass is 228 g/mol. The van der Waals surface area contributed by atoms with Gasteiger partial charge in [0.1, 0.15) is 24.7 Å². The molecule has 2 aromatic carbocycles. The van der Waals surface area contributed by atoms with Gasteiger partial charge in [-0.25, -0.2) is 0 Å². The summed E-state index contributed by atoms with van der Waals surface area (Å²) in [6, 6.07) is 17.8. The van der Waals surface area contributed by atoms with Crippen LogP contribution in [0.15, 0.2) is 54.6 Å². The van der Waals surface area contributed by atoms with Gasteiger partial charge in [-0.15, -0.1) is 0 Å². The van der Waals surface area contributed by atoms with Crippen molar-refractivity contribution < 1.29 is 9.47 Å². The van der Waals surface area contributed by atoms with E-state index >= 15 is 0 Å². The molecular weight excluding hydrogens is 212 g/mol. The number of rotatable bonds is 5. The van der Waals surface area contributed by atoms with Gasteiger partial charge in [0.2, 0.25) is 0 Å². The number of ether oxygens (including phenoxy) is 2. The van der Waals surface area contributed by atoms with Crippen LogP contribution in [0.3, 0.4) is 0 Å². The molecule has 2 nitrogen and oxygen atoms in total. The van der Waals surface area contributed by atoms with E-state index in [4.69, 9.17) is 9.47 Å². The SMILES string of the molecule is Cc1cccc(OCCOc2ccccc2)c1. The summed E-state index contributed by atoms with van der Waals surface area (Å²) in [5, 5.41) is 0. The third kappa shape index (κ3) is 3.83. The first kappa shape index (κ1) is 11.5. The molecule has 0 aromatic heterocycles. The standard InChI is InChI=1S/C15H16O2/c1-13-6-5-9-15(12-13)17-11-10-16-14-7-3-2-4-8-14/h2-9,12H,10-11H2,1H3. The van der Waals surface area contributed by atoms with Crippen molar-refractivity contribution in [3.05, 3.63) is 60.2 Å². The molecule has 88 valence electrons. The Labute approximate surface area is 102 Å². The molecule has 0 N–H and O–H groups in total. The zero-order valence-corrected chi connectivity index (χ0v) is 9.93. The molecule has 0 aliphatic rings. The van der Waals surface area contributed by atoms with Crippen LogP contribution in [0.2, 0.25) is 0 Å². The van der Waals surface area contributed by atoms with Gasteiger partial charge < -0.3 is 9.47 Å². The van der Waals surface area contributed by atoms with E-state index in [1.54, 1.807) is 0 Å². The molecule has 2 aromatic rings. The van der Waals surface area contributed by atoms with Gasteiger partial charge in [-0.2, -0.15) is 0 Å². The third-order valence-electron chi connectivity index (χ3n) is 2.35. The Morgan fingerprint density at radius 2 is 1.41 bits per heavy atom. The zero-order valence-electron chi connectivity index (χ0n) is 9.93. The molecule has 0 fully saturated rings. The first-order chi connectivity index (χ1) is 8.34. The van der Waals surface area contributed by atoms with Gasteiger partial charge in [0.25, 0.3) is 0 Å². The largest absolute Gasteiger partial charge is 0.490 e. The summed E-state index contributed by atoms with van der Waals surface area (Å²) in [4.78, 5) is 0. The van der Waals surface area contributed by atoms with Gasteiger partial charge in [0, 0.05) is 0 Å². The second kappa shape index (κ2) is 5.94. The van der Waals surface area contributed by atoms with Crippen molar-refractivity contribution in [3.63, 3.8) is 0 Å². The Morgan fingerprint density at radius 1 is 0.765 bits per heavy atom. The van der Waals surface area contributed by atoms with Crippen molar-refractivity contribution >= 4 is 0 Å². The molecule has 2 rings (SSSR count). The van der Waals surface area contributed by atoms with Crippen LogP contribution in [0.4, 0.5) is 0 Å². The van der Waals surface area contributed by atoms with Gasteiger partial charge in [-0.3, -0.25) is 0 Å². The Bertz CT molecular complexity index is 451. The third-order valence-corrected chi connectivity index (χ3v) is 2.35. The lowest BCUT2D eigenvalue weighted by Crippen LogP contribution is -2.08. The molecular formula is C15H16O2. The van der Waals surface area contributed by atoms with Crippen LogP contribution >= 0.6 is 0 Å². The van der Waals surface area contributed by atoms with Crippen LogP contribution in [0.25, 0.3) is 0 Å². The molecule has 0 aliphatic carbocycles. The molecule has 0 bridgehead atoms. The second-order valence-electron chi connectivity index (χ2n) is 3.83. The van der Waals surface area contributed by atoms with E-state index < -0.39 is 0 Å². The maximum Gasteiger partial charge on any atom is 0.122 e. The fourth-order valence-corrected chi connectivity index (χ4v) is 1.54. The minimum atomic E-state index is 0.554. The van der Waals surface area contributed by atoms with Gasteiger partial charge in [0.05, 0.1) is 0 Å². The summed E-state index contributed by atoms with van der Waals surface area (Å²) in [5.41, 5.74) is 1.20. The van der Waals surface area contributed by atoms with E-state index in [9.17, 15) is 0 Å². The predicted molar refractivity (Wildman–Crippen MR) is 68.6 cm³/mol. The first-order valence-electron chi connectivity index (χ1n) is 5.72. The van der Waals surface area contributed by atoms with E-state index in [-0.39, 0.29) is 0 Å². The fraction of sp³-hybridized carbons (Fsp3) is 0.200. The van der Waals surface area contributed by atoms with E-state index in [1.807, 2.05) is 61.5 Å². The second-order valence-corrected chi connectivity index (χ2v) is 3.83.